The number of nitrogens with one attached hydrogen (secondary N) is 4. The van der Waals surface area contributed by atoms with Crippen LogP contribution < -0.4 is 21.3 Å². The summed E-state index contributed by atoms with van der Waals surface area (Å²) in [4.78, 5) is 62.2. The molecule has 0 spiro atoms. The van der Waals surface area contributed by atoms with Gasteiger partial charge in [-0.05, 0) is 13.2 Å². The van der Waals surface area contributed by atoms with Gasteiger partial charge < -0.3 is 78.8 Å². The van der Waals surface area contributed by atoms with Crippen LogP contribution in [-0.2, 0) is 57.1 Å². The Morgan fingerprint density at radius 1 is 0.412 bits per heavy atom. The van der Waals surface area contributed by atoms with Gasteiger partial charge >= 0.3 is 23.9 Å². The van der Waals surface area contributed by atoms with E-state index in [0.29, 0.717) is 87.0 Å². The van der Waals surface area contributed by atoms with Crippen molar-refractivity contribution in [3.8, 4) is 0 Å². The van der Waals surface area contributed by atoms with Crippen molar-refractivity contribution >= 4 is 248 Å². The van der Waals surface area contributed by atoms with Gasteiger partial charge in [0.2, 0.25) is 0 Å². The van der Waals surface area contributed by atoms with Crippen LogP contribution in [0.2, 0.25) is 0 Å². The third-order valence-corrected chi connectivity index (χ3v) is 16.9. The summed E-state index contributed by atoms with van der Waals surface area (Å²) in [6.45, 7) is 3.31. The summed E-state index contributed by atoms with van der Waals surface area (Å²) < 4.78 is 47.0. The summed E-state index contributed by atoms with van der Waals surface area (Å²) in [6.07, 6.45) is 1.95. The fraction of sp³-hybridized carbons (Fsp3) is 0.733. The van der Waals surface area contributed by atoms with Gasteiger partial charge in [-0.25, -0.2) is 0 Å². The van der Waals surface area contributed by atoms with Gasteiger partial charge in [0.1, 0.15) is 30.7 Å². The highest BCUT2D eigenvalue weighted by Gasteiger charge is 2.33. The molecule has 0 amide bonds. The van der Waals surface area contributed by atoms with Crippen molar-refractivity contribution in [3.63, 3.8) is 0 Å². The minimum Gasteiger partial charge on any atom is -0.463 e. The fourth-order valence-electron chi connectivity index (χ4n) is 5.92. The molecule has 458 valence electrons. The molecule has 35 heteroatoms. The van der Waals surface area contributed by atoms with Crippen molar-refractivity contribution in [2.45, 2.75) is 32.6 Å². The average Bonchev–Trinajstić information content (AvgIpc) is 3.45. The Hall–Kier alpha value is -0.710. The third-order valence-electron chi connectivity index (χ3n) is 10.2. The molecule has 20 nitrogen and oxygen atoms in total. The van der Waals surface area contributed by atoms with Gasteiger partial charge in [0, 0.05) is 60.7 Å². The Kier molecular flexibility index (Phi) is 50.0. The molecule has 0 aliphatic rings. The topological polar surface area (TPSA) is 203 Å². The first-order valence-electron chi connectivity index (χ1n) is 24.5. The quantitative estimate of drug-likeness (QED) is 0.0106. The highest BCUT2D eigenvalue weighted by atomic mass is 32.2. The van der Waals surface area contributed by atoms with Crippen LogP contribution in [0.3, 0.4) is 0 Å². The zero-order chi connectivity index (χ0) is 60.1. The molecule has 0 aliphatic heterocycles. The Balaban J connectivity index is 6.19. The number of thiocarbonyl (C=S) groups is 8. The normalized spacial score (nSPS) is 10.8. The van der Waals surface area contributed by atoms with Crippen molar-refractivity contribution < 1.29 is 57.1 Å². The van der Waals surface area contributed by atoms with Crippen molar-refractivity contribution in [2.24, 2.45) is 5.41 Å². The Labute approximate surface area is 552 Å². The summed E-state index contributed by atoms with van der Waals surface area (Å²) in [7, 11) is 0. The number of nitrogens with zero attached hydrogens (tertiary/aromatic N) is 4. The Bertz CT molecular complexity index is 1800. The molecule has 4 N–H and O–H groups in total. The second-order valence-corrected chi connectivity index (χ2v) is 23.3. The molecule has 0 fully saturated rings. The Morgan fingerprint density at radius 2 is 0.675 bits per heavy atom. The maximum absolute atomic E-state index is 12.9. The van der Waals surface area contributed by atoms with Crippen LogP contribution in [0.4, 0.5) is 0 Å². The number of hydrogen-bond donors (Lipinski definition) is 10. The van der Waals surface area contributed by atoms with E-state index in [1.54, 1.807) is 21.6 Å². The largest absolute Gasteiger partial charge is 0.463 e. The molecule has 0 heterocycles. The molecule has 0 aromatic heterocycles. The van der Waals surface area contributed by atoms with Crippen molar-refractivity contribution in [1.82, 2.24) is 40.9 Å². The molecule has 0 saturated carbocycles. The summed E-state index contributed by atoms with van der Waals surface area (Å²) in [5, 5.41) is 12.2. The summed E-state index contributed by atoms with van der Waals surface area (Å²) in [5.41, 5.74) is -1.07. The molecule has 0 bridgehead atoms. The maximum Gasteiger partial charge on any atom is 0.307 e. The molecule has 0 atom stereocenters. The van der Waals surface area contributed by atoms with E-state index in [0.717, 1.165) is 0 Å². The van der Waals surface area contributed by atoms with Crippen LogP contribution in [0.5, 0.6) is 0 Å². The van der Waals surface area contributed by atoms with Crippen LogP contribution >= 0.6 is 185 Å². The fourth-order valence-corrected chi connectivity index (χ4v) is 8.15. The minimum absolute atomic E-state index is 0.0177. The van der Waals surface area contributed by atoms with E-state index in [1.807, 2.05) is 11.2 Å². The number of thioether (sulfide) groups is 1. The zero-order valence-corrected chi connectivity index (χ0v) is 57.5. The van der Waals surface area contributed by atoms with Gasteiger partial charge in [0.25, 0.3) is 0 Å². The van der Waals surface area contributed by atoms with Gasteiger partial charge in [-0.2, -0.15) is 75.8 Å². The number of carbonyl (C=O) groups is 4. The van der Waals surface area contributed by atoms with Gasteiger partial charge in [0.05, 0.1) is 146 Å². The summed E-state index contributed by atoms with van der Waals surface area (Å²) in [5.74, 6) is 0.00799. The summed E-state index contributed by atoms with van der Waals surface area (Å²) >= 11 is 69.2. The van der Waals surface area contributed by atoms with Crippen molar-refractivity contribution in [1.29, 1.82) is 0 Å². The standard InChI is InChI=1S/C45H76N8O12S15/c1-33(72)46-29-53(44(79)80-2)10-6-43(57)65-18-14-61-28-45(25-58-11-15-62-40(54)3-7-50(37(76)22-69)30-47-34(73)19-66,26-59-12-16-63-41(55)4-8-51(38(77)23-70)31-48-35(74)20-67)27-60-13-17-64-42(56)5-9-52(39(78)24-71)32-49-36(75)21-68/h66-71H,3-32H2,1-2H3,(H,46,72)(H,47,73)(H,48,74)(H,49,75). The zero-order valence-electron chi connectivity index (χ0n) is 44.8. The van der Waals surface area contributed by atoms with Gasteiger partial charge in [-0.15, -0.1) is 11.8 Å². The van der Waals surface area contributed by atoms with E-state index in [-0.39, 0.29) is 145 Å². The van der Waals surface area contributed by atoms with E-state index < -0.39 is 29.3 Å². The molecule has 0 aromatic rings. The van der Waals surface area contributed by atoms with Gasteiger partial charge in [-0.1, -0.05) is 97.7 Å². The van der Waals surface area contributed by atoms with Crippen LogP contribution in [0.15, 0.2) is 0 Å². The predicted molar refractivity (Wildman–Crippen MR) is 370 cm³/mol. The lowest BCUT2D eigenvalue weighted by Gasteiger charge is -2.33. The molecule has 0 saturated heterocycles. The van der Waals surface area contributed by atoms with E-state index >= 15 is 0 Å². The van der Waals surface area contributed by atoms with E-state index in [9.17, 15) is 19.2 Å². The highest BCUT2D eigenvalue weighted by Crippen LogP contribution is 2.21. The number of hydrogen-bond acceptors (Lipinski definition) is 27. The lowest BCUT2D eigenvalue weighted by atomic mass is 9.92. The number of thiol groups is 6. The third kappa shape index (κ3) is 40.6. The predicted octanol–water partition coefficient (Wildman–Crippen LogP) is 3.71. The molecule has 80 heavy (non-hydrogen) atoms. The average molecular weight is 1400 g/mol. The van der Waals surface area contributed by atoms with Gasteiger partial charge in [-0.3, -0.25) is 19.2 Å². The molecule has 0 unspecified atom stereocenters. The minimum atomic E-state index is -1.07. The van der Waals surface area contributed by atoms with Crippen molar-refractivity contribution in [3.05, 3.63) is 0 Å². The van der Waals surface area contributed by atoms with Gasteiger partial charge in [0.15, 0.2) is 0 Å². The Morgan fingerprint density at radius 3 is 0.912 bits per heavy atom. The SMILES string of the molecule is CSC(=S)N(CCC(=O)OCCOCC(COCCOC(=O)CCN(CNC(=S)CS)C(=S)CS)(COCCOC(=O)CCN(CNC(=S)CS)C(=S)CS)COCCOC(=O)CCN(CNC(=S)CS)C(=S)CS)CNC(C)=S. The lowest BCUT2D eigenvalue weighted by molar-refractivity contribution is -0.151. The second-order valence-electron chi connectivity index (χ2n) is 16.4. The highest BCUT2D eigenvalue weighted by molar-refractivity contribution is 8.22. The molecule has 0 rings (SSSR count). The van der Waals surface area contributed by atoms with E-state index in [1.165, 1.54) is 11.8 Å². The number of esters is 4. The summed E-state index contributed by atoms with van der Waals surface area (Å²) in [6, 6.07) is 0. The monoisotopic (exact) mass is 1400 g/mol. The number of rotatable bonds is 46. The van der Waals surface area contributed by atoms with Crippen molar-refractivity contribution in [2.75, 3.05) is 173 Å². The molecule has 0 aromatic carbocycles. The van der Waals surface area contributed by atoms with Crippen LogP contribution in [0, 0.1) is 5.41 Å². The van der Waals surface area contributed by atoms with E-state index in [2.05, 4.69) is 97.0 Å². The van der Waals surface area contributed by atoms with Crippen LogP contribution in [0.25, 0.3) is 0 Å². The number of carbonyl (C=O) groups excluding carboxylic acids is 4. The molecular formula is C45H76N8O12S15. The van der Waals surface area contributed by atoms with E-state index in [4.69, 9.17) is 136 Å². The first-order chi connectivity index (χ1) is 38.2. The first kappa shape index (κ1) is 79.3. The first-order valence-corrected chi connectivity index (χ1v) is 32.8. The van der Waals surface area contributed by atoms with Crippen LogP contribution in [0.1, 0.15) is 32.6 Å². The molecule has 0 aliphatic carbocycles. The smallest absolute Gasteiger partial charge is 0.307 e. The molecule has 0 radical (unpaired) electrons. The lowest BCUT2D eigenvalue weighted by Crippen LogP contribution is -2.43. The second kappa shape index (κ2) is 50.4. The van der Waals surface area contributed by atoms with Crippen LogP contribution in [-0.4, -0.2) is 256 Å². The maximum atomic E-state index is 12.9. The number of ether oxygens (including phenoxy) is 8. The molecular weight excluding hydrogens is 1330 g/mol.